The summed E-state index contributed by atoms with van der Waals surface area (Å²) >= 11 is 0. The van der Waals surface area contributed by atoms with Crippen molar-refractivity contribution in [1.29, 1.82) is 0 Å². The van der Waals surface area contributed by atoms with Gasteiger partial charge in [0, 0.05) is 25.5 Å². The summed E-state index contributed by atoms with van der Waals surface area (Å²) in [7, 11) is 1.62. The fourth-order valence-electron chi connectivity index (χ4n) is 4.71. The van der Waals surface area contributed by atoms with Gasteiger partial charge in [-0.15, -0.1) is 0 Å². The Morgan fingerprint density at radius 1 is 0.780 bits per heavy atom. The van der Waals surface area contributed by atoms with Gasteiger partial charge in [0.25, 0.3) is 0 Å². The van der Waals surface area contributed by atoms with Crippen molar-refractivity contribution in [1.82, 2.24) is 0 Å². The number of hydrogen-bond donors (Lipinski definition) is 2. The van der Waals surface area contributed by atoms with Gasteiger partial charge in [-0.25, -0.2) is 4.39 Å². The maximum Gasteiger partial charge on any atom is 0.303 e. The normalized spacial score (nSPS) is 10.9. The van der Waals surface area contributed by atoms with E-state index in [2.05, 4.69) is 0 Å². The summed E-state index contributed by atoms with van der Waals surface area (Å²) in [4.78, 5) is 22.0. The van der Waals surface area contributed by atoms with Gasteiger partial charge in [-0.1, -0.05) is 43.2 Å². The van der Waals surface area contributed by atoms with E-state index in [1.165, 1.54) is 6.07 Å². The van der Waals surface area contributed by atoms with Crippen LogP contribution in [0, 0.1) is 5.82 Å². The van der Waals surface area contributed by atoms with Gasteiger partial charge in [-0.05, 0) is 84.7 Å². The number of methoxy groups -OCH3 is 1. The third kappa shape index (κ3) is 10.9. The molecule has 0 heterocycles. The Kier molecular flexibility index (Phi) is 13.1. The molecule has 0 amide bonds. The molecule has 0 atom stereocenters. The number of carboxylic acids is 2. The lowest BCUT2D eigenvalue weighted by atomic mass is 9.97. The highest BCUT2D eigenvalue weighted by atomic mass is 19.1. The van der Waals surface area contributed by atoms with Gasteiger partial charge in [0.05, 0.1) is 19.8 Å². The van der Waals surface area contributed by atoms with Crippen molar-refractivity contribution >= 4 is 11.9 Å². The number of unbranched alkanes of at least 4 members (excludes halogenated alkanes) is 3. The molecular weight excluding hydrogens is 527 g/mol. The Bertz CT molecular complexity index is 1270. The molecule has 0 spiro atoms. The lowest BCUT2D eigenvalue weighted by Gasteiger charge is -2.15. The second kappa shape index (κ2) is 17.0. The van der Waals surface area contributed by atoms with E-state index in [-0.39, 0.29) is 25.3 Å². The van der Waals surface area contributed by atoms with Crippen LogP contribution in [-0.4, -0.2) is 42.5 Å². The minimum atomic E-state index is -0.870. The predicted octanol–water partition coefficient (Wildman–Crippen LogP) is 7.08. The minimum absolute atomic E-state index is 0.00402. The Labute approximate surface area is 240 Å². The zero-order chi connectivity index (χ0) is 29.5. The highest BCUT2D eigenvalue weighted by Gasteiger charge is 2.12. The first kappa shape index (κ1) is 31.6. The summed E-state index contributed by atoms with van der Waals surface area (Å²) in [6.45, 7) is 1.21. The smallest absolute Gasteiger partial charge is 0.303 e. The highest BCUT2D eigenvalue weighted by molar-refractivity contribution is 5.68. The van der Waals surface area contributed by atoms with Crippen molar-refractivity contribution in [2.45, 2.75) is 64.4 Å². The van der Waals surface area contributed by atoms with E-state index in [0.29, 0.717) is 43.1 Å². The molecule has 0 aliphatic rings. The monoisotopic (exact) mass is 566 g/mol. The fourth-order valence-corrected chi connectivity index (χ4v) is 4.71. The summed E-state index contributed by atoms with van der Waals surface area (Å²) < 4.78 is 31.5. The number of rotatable bonds is 19. The molecule has 0 aromatic heterocycles. The molecule has 3 aromatic carbocycles. The summed E-state index contributed by atoms with van der Waals surface area (Å²) in [5.74, 6) is -0.709. The first-order chi connectivity index (χ1) is 19.9. The molecule has 41 heavy (non-hydrogen) atoms. The molecule has 3 rings (SSSR count). The molecule has 0 unspecified atom stereocenters. The van der Waals surface area contributed by atoms with E-state index < -0.39 is 11.9 Å². The van der Waals surface area contributed by atoms with E-state index in [0.717, 1.165) is 54.4 Å². The van der Waals surface area contributed by atoms with Crippen LogP contribution in [0.25, 0.3) is 11.1 Å². The average Bonchev–Trinajstić information content (AvgIpc) is 2.94. The van der Waals surface area contributed by atoms with E-state index in [1.54, 1.807) is 19.2 Å². The number of halogens is 1. The molecule has 0 saturated heterocycles. The van der Waals surface area contributed by atoms with Gasteiger partial charge in [0.2, 0.25) is 0 Å². The maximum atomic E-state index is 14.4. The Morgan fingerprint density at radius 3 is 2.29 bits per heavy atom. The van der Waals surface area contributed by atoms with Crippen LogP contribution in [0.4, 0.5) is 4.39 Å². The van der Waals surface area contributed by atoms with E-state index in [9.17, 15) is 19.1 Å². The summed E-state index contributed by atoms with van der Waals surface area (Å²) in [5, 5.41) is 18.0. The SMILES string of the molecule is COCc1cc(OCCCCCCc2cccc(OCCCC(=O)O)c2CCC(=O)O)cc(-c2ccccc2F)c1. The van der Waals surface area contributed by atoms with Crippen molar-refractivity contribution < 1.29 is 38.4 Å². The molecular formula is C33H39FO7. The summed E-state index contributed by atoms with van der Waals surface area (Å²) in [6, 6.07) is 18.1. The van der Waals surface area contributed by atoms with Crippen molar-refractivity contribution in [2.24, 2.45) is 0 Å². The number of aliphatic carboxylic acids is 2. The molecule has 7 nitrogen and oxygen atoms in total. The van der Waals surface area contributed by atoms with Crippen LogP contribution in [0.1, 0.15) is 61.6 Å². The van der Waals surface area contributed by atoms with Gasteiger partial charge in [0.15, 0.2) is 0 Å². The average molecular weight is 567 g/mol. The number of ether oxygens (including phenoxy) is 3. The van der Waals surface area contributed by atoms with Crippen LogP contribution < -0.4 is 9.47 Å². The van der Waals surface area contributed by atoms with Crippen LogP contribution in [0.3, 0.4) is 0 Å². The number of carbonyl (C=O) groups is 2. The topological polar surface area (TPSA) is 102 Å². The zero-order valence-corrected chi connectivity index (χ0v) is 23.6. The fraction of sp³-hybridized carbons (Fsp3) is 0.394. The number of aryl methyl sites for hydroxylation is 1. The maximum absolute atomic E-state index is 14.4. The van der Waals surface area contributed by atoms with Crippen molar-refractivity contribution in [3.63, 3.8) is 0 Å². The Hall–Kier alpha value is -3.91. The standard InChI is InChI=1S/C33H39FO7/c1-39-23-24-20-26(28-12-5-6-13-30(28)34)22-27(21-24)40-18-7-3-2-4-10-25-11-8-14-31(29(25)16-17-33(37)38)41-19-9-15-32(35)36/h5-6,8,11-14,20-22H,2-4,7,9-10,15-19,23H2,1H3,(H,35,36)(H,37,38). The molecule has 220 valence electrons. The molecule has 3 aromatic rings. The molecule has 0 saturated carbocycles. The number of hydrogen-bond acceptors (Lipinski definition) is 5. The first-order valence-corrected chi connectivity index (χ1v) is 14.0. The van der Waals surface area contributed by atoms with E-state index >= 15 is 0 Å². The molecule has 8 heteroatoms. The number of benzene rings is 3. The van der Waals surface area contributed by atoms with Crippen molar-refractivity contribution in [3.8, 4) is 22.6 Å². The van der Waals surface area contributed by atoms with E-state index in [4.69, 9.17) is 19.3 Å². The van der Waals surface area contributed by atoms with Crippen LogP contribution >= 0.6 is 0 Å². The lowest BCUT2D eigenvalue weighted by molar-refractivity contribution is -0.138. The lowest BCUT2D eigenvalue weighted by Crippen LogP contribution is -2.07. The van der Waals surface area contributed by atoms with Gasteiger partial charge >= 0.3 is 11.9 Å². The number of carboxylic acid groups (broad SMARTS) is 2. The molecule has 0 fully saturated rings. The van der Waals surface area contributed by atoms with Crippen LogP contribution in [0.2, 0.25) is 0 Å². The Balaban J connectivity index is 1.50. The largest absolute Gasteiger partial charge is 0.494 e. The molecule has 0 aliphatic heterocycles. The van der Waals surface area contributed by atoms with Crippen LogP contribution in [0.15, 0.2) is 60.7 Å². The van der Waals surface area contributed by atoms with Gasteiger partial charge < -0.3 is 24.4 Å². The quantitative estimate of drug-likeness (QED) is 0.149. The van der Waals surface area contributed by atoms with Crippen LogP contribution in [0.5, 0.6) is 11.5 Å². The second-order valence-corrected chi connectivity index (χ2v) is 9.92. The molecule has 0 aliphatic carbocycles. The molecule has 2 N–H and O–H groups in total. The van der Waals surface area contributed by atoms with Crippen LogP contribution in [-0.2, 0) is 33.8 Å². The minimum Gasteiger partial charge on any atom is -0.494 e. The first-order valence-electron chi connectivity index (χ1n) is 14.0. The highest BCUT2D eigenvalue weighted by Crippen LogP contribution is 2.29. The van der Waals surface area contributed by atoms with Gasteiger partial charge in [0.1, 0.15) is 17.3 Å². The third-order valence-corrected chi connectivity index (χ3v) is 6.68. The third-order valence-electron chi connectivity index (χ3n) is 6.68. The van der Waals surface area contributed by atoms with E-state index in [1.807, 2.05) is 42.5 Å². The Morgan fingerprint density at radius 2 is 1.54 bits per heavy atom. The van der Waals surface area contributed by atoms with Gasteiger partial charge in [-0.2, -0.15) is 0 Å². The van der Waals surface area contributed by atoms with Crippen molar-refractivity contribution in [3.05, 3.63) is 83.2 Å². The summed E-state index contributed by atoms with van der Waals surface area (Å²) in [6.07, 6.45) is 5.33. The molecule has 0 radical (unpaired) electrons. The molecule has 0 bridgehead atoms. The zero-order valence-electron chi connectivity index (χ0n) is 23.6. The van der Waals surface area contributed by atoms with Crippen molar-refractivity contribution in [2.75, 3.05) is 20.3 Å². The predicted molar refractivity (Wildman–Crippen MR) is 155 cm³/mol. The second-order valence-electron chi connectivity index (χ2n) is 9.92. The summed E-state index contributed by atoms with van der Waals surface area (Å²) in [5.41, 5.74) is 4.13. The van der Waals surface area contributed by atoms with Gasteiger partial charge in [-0.3, -0.25) is 9.59 Å².